The Labute approximate surface area is 209 Å². The molecule has 0 amide bonds. The molecule has 0 N–H and O–H groups in total. The second-order valence-electron chi connectivity index (χ2n) is 8.76. The number of unbranched alkanes of at least 4 members (excludes halogenated alkanes) is 2. The SMILES string of the molecule is CCCCc1noc(C2=CCCN(OC(=O)C(=O)ON3CCC=C(c4nc(CCCC)no4)C3)C2)n1. The Hall–Kier alpha value is -3.38. The third-order valence-corrected chi connectivity index (χ3v) is 5.82. The van der Waals surface area contributed by atoms with Crippen molar-refractivity contribution in [3.05, 3.63) is 35.6 Å². The first-order valence-corrected chi connectivity index (χ1v) is 12.5. The topological polar surface area (TPSA) is 137 Å². The smallest absolute Gasteiger partial charge is 0.359 e. The van der Waals surface area contributed by atoms with Gasteiger partial charge in [-0.25, -0.2) is 9.59 Å². The van der Waals surface area contributed by atoms with Crippen LogP contribution in [0.25, 0.3) is 11.1 Å². The maximum absolute atomic E-state index is 12.4. The van der Waals surface area contributed by atoms with E-state index in [1.165, 1.54) is 10.1 Å². The van der Waals surface area contributed by atoms with Crippen LogP contribution in [0.3, 0.4) is 0 Å². The molecule has 0 aliphatic carbocycles. The van der Waals surface area contributed by atoms with Gasteiger partial charge in [0, 0.05) is 37.1 Å². The molecular formula is C24H32N6O6. The van der Waals surface area contributed by atoms with E-state index in [2.05, 4.69) is 34.1 Å². The number of hydroxylamine groups is 4. The van der Waals surface area contributed by atoms with E-state index in [1.54, 1.807) is 0 Å². The third-order valence-electron chi connectivity index (χ3n) is 5.82. The summed E-state index contributed by atoms with van der Waals surface area (Å²) in [6, 6.07) is 0. The normalized spacial score (nSPS) is 16.9. The van der Waals surface area contributed by atoms with E-state index < -0.39 is 11.9 Å². The van der Waals surface area contributed by atoms with Crippen molar-refractivity contribution >= 4 is 23.1 Å². The van der Waals surface area contributed by atoms with E-state index in [4.69, 9.17) is 18.7 Å². The monoisotopic (exact) mass is 500 g/mol. The molecule has 0 radical (unpaired) electrons. The predicted octanol–water partition coefficient (Wildman–Crippen LogP) is 2.93. The summed E-state index contributed by atoms with van der Waals surface area (Å²) in [6.07, 6.45) is 10.7. The number of nitrogens with zero attached hydrogens (tertiary/aromatic N) is 6. The minimum absolute atomic E-state index is 0.239. The van der Waals surface area contributed by atoms with Crippen LogP contribution in [0.5, 0.6) is 0 Å². The van der Waals surface area contributed by atoms with E-state index in [0.717, 1.165) is 49.7 Å². The summed E-state index contributed by atoms with van der Waals surface area (Å²) in [5.41, 5.74) is 1.50. The van der Waals surface area contributed by atoms with Crippen LogP contribution in [0, 0.1) is 0 Å². The third kappa shape index (κ3) is 6.85. The molecule has 2 aliphatic rings. The second-order valence-corrected chi connectivity index (χ2v) is 8.76. The Morgan fingerprint density at radius 3 is 1.67 bits per heavy atom. The lowest BCUT2D eigenvalue weighted by molar-refractivity contribution is -0.215. The van der Waals surface area contributed by atoms with E-state index in [1.807, 2.05) is 12.2 Å². The molecule has 0 spiro atoms. The molecule has 0 saturated carbocycles. The molecule has 2 aromatic rings. The van der Waals surface area contributed by atoms with Crippen LogP contribution in [-0.4, -0.2) is 68.5 Å². The molecular weight excluding hydrogens is 468 g/mol. The highest BCUT2D eigenvalue weighted by molar-refractivity contribution is 6.29. The number of carbonyl (C=O) groups excluding carboxylic acids is 2. The highest BCUT2D eigenvalue weighted by Gasteiger charge is 2.29. The number of hydrogen-bond donors (Lipinski definition) is 0. The van der Waals surface area contributed by atoms with Gasteiger partial charge in [0.25, 0.3) is 11.8 Å². The molecule has 0 atom stereocenters. The van der Waals surface area contributed by atoms with Crippen molar-refractivity contribution in [1.29, 1.82) is 0 Å². The van der Waals surface area contributed by atoms with Gasteiger partial charge in [-0.1, -0.05) is 49.2 Å². The highest BCUT2D eigenvalue weighted by atomic mass is 16.8. The lowest BCUT2D eigenvalue weighted by Gasteiger charge is -2.26. The fraction of sp³-hybridized carbons (Fsp3) is 0.583. The lowest BCUT2D eigenvalue weighted by Crippen LogP contribution is -2.39. The molecule has 4 heterocycles. The second kappa shape index (κ2) is 12.5. The van der Waals surface area contributed by atoms with Gasteiger partial charge in [0.1, 0.15) is 0 Å². The summed E-state index contributed by atoms with van der Waals surface area (Å²) in [4.78, 5) is 44.2. The molecule has 12 nitrogen and oxygen atoms in total. The Morgan fingerprint density at radius 2 is 1.25 bits per heavy atom. The minimum atomic E-state index is -1.10. The van der Waals surface area contributed by atoms with Gasteiger partial charge in [0.2, 0.25) is 0 Å². The van der Waals surface area contributed by atoms with Crippen molar-refractivity contribution in [3.8, 4) is 0 Å². The van der Waals surface area contributed by atoms with E-state index in [-0.39, 0.29) is 13.1 Å². The molecule has 194 valence electrons. The molecule has 2 aromatic heterocycles. The summed E-state index contributed by atoms with van der Waals surface area (Å²) in [5.74, 6) is -0.0922. The number of aryl methyl sites for hydroxylation is 2. The fourth-order valence-electron chi connectivity index (χ4n) is 3.85. The molecule has 2 aliphatic heterocycles. The van der Waals surface area contributed by atoms with E-state index in [9.17, 15) is 9.59 Å². The molecule has 0 unspecified atom stereocenters. The van der Waals surface area contributed by atoms with E-state index >= 15 is 0 Å². The first-order valence-electron chi connectivity index (χ1n) is 12.5. The summed E-state index contributed by atoms with van der Waals surface area (Å²) in [5, 5.41) is 10.8. The van der Waals surface area contributed by atoms with Gasteiger partial charge in [0.05, 0.1) is 13.1 Å². The first-order chi connectivity index (χ1) is 17.6. The Balaban J connectivity index is 1.26. The Bertz CT molecular complexity index is 1020. The van der Waals surface area contributed by atoms with Crippen LogP contribution in [-0.2, 0) is 32.1 Å². The molecule has 0 saturated heterocycles. The van der Waals surface area contributed by atoms with E-state index in [0.29, 0.717) is 49.4 Å². The summed E-state index contributed by atoms with van der Waals surface area (Å²) < 4.78 is 10.7. The van der Waals surface area contributed by atoms with Crippen LogP contribution in [0.15, 0.2) is 21.2 Å². The van der Waals surface area contributed by atoms with Crippen molar-refractivity contribution in [2.24, 2.45) is 0 Å². The molecule has 0 fully saturated rings. The van der Waals surface area contributed by atoms with Gasteiger partial charge in [-0.05, 0) is 25.7 Å². The number of hydrogen-bond acceptors (Lipinski definition) is 12. The standard InChI is InChI=1S/C24H32N6O6/c1-3-5-11-19-25-21(33-27-19)17-9-7-13-29(15-17)35-23(31)24(32)36-30-14-8-10-18(16-30)22-26-20(28-34-22)12-6-4-2/h9-10H,3-8,11-16H2,1-2H3. The molecule has 0 bridgehead atoms. The van der Waals surface area contributed by atoms with Crippen LogP contribution < -0.4 is 0 Å². The maximum atomic E-state index is 12.4. The van der Waals surface area contributed by atoms with Crippen molar-refractivity contribution in [2.45, 2.75) is 65.2 Å². The number of aromatic nitrogens is 4. The van der Waals surface area contributed by atoms with Crippen LogP contribution in [0.4, 0.5) is 0 Å². The van der Waals surface area contributed by atoms with Gasteiger partial charge in [-0.3, -0.25) is 0 Å². The van der Waals surface area contributed by atoms with Crippen LogP contribution in [0.2, 0.25) is 0 Å². The zero-order valence-electron chi connectivity index (χ0n) is 20.8. The molecule has 12 heteroatoms. The predicted molar refractivity (Wildman–Crippen MR) is 126 cm³/mol. The van der Waals surface area contributed by atoms with Crippen molar-refractivity contribution in [1.82, 2.24) is 30.4 Å². The number of rotatable bonds is 10. The van der Waals surface area contributed by atoms with Gasteiger partial charge < -0.3 is 18.7 Å². The number of carbonyl (C=O) groups is 2. The van der Waals surface area contributed by atoms with Crippen LogP contribution >= 0.6 is 0 Å². The summed E-state index contributed by atoms with van der Waals surface area (Å²) in [7, 11) is 0. The summed E-state index contributed by atoms with van der Waals surface area (Å²) >= 11 is 0. The van der Waals surface area contributed by atoms with Crippen molar-refractivity contribution in [2.75, 3.05) is 26.2 Å². The lowest BCUT2D eigenvalue weighted by atomic mass is 10.1. The van der Waals surface area contributed by atoms with Crippen molar-refractivity contribution in [3.63, 3.8) is 0 Å². The average molecular weight is 501 g/mol. The highest BCUT2D eigenvalue weighted by Crippen LogP contribution is 2.22. The first kappa shape index (κ1) is 25.7. The average Bonchev–Trinajstić information content (AvgIpc) is 3.56. The summed E-state index contributed by atoms with van der Waals surface area (Å²) in [6.45, 7) is 5.55. The fourth-order valence-corrected chi connectivity index (χ4v) is 3.85. The largest absolute Gasteiger partial charge is 0.438 e. The zero-order chi connectivity index (χ0) is 25.3. The van der Waals surface area contributed by atoms with Gasteiger partial charge in [-0.15, -0.1) is 10.1 Å². The Kier molecular flexibility index (Phi) is 8.95. The van der Waals surface area contributed by atoms with Gasteiger partial charge in [0.15, 0.2) is 11.6 Å². The molecule has 4 rings (SSSR count). The molecule has 36 heavy (non-hydrogen) atoms. The minimum Gasteiger partial charge on any atom is -0.359 e. The van der Waals surface area contributed by atoms with Gasteiger partial charge >= 0.3 is 11.9 Å². The van der Waals surface area contributed by atoms with Crippen molar-refractivity contribution < 1.29 is 28.3 Å². The van der Waals surface area contributed by atoms with Crippen LogP contribution in [0.1, 0.15) is 75.8 Å². The zero-order valence-corrected chi connectivity index (χ0v) is 20.8. The maximum Gasteiger partial charge on any atom is 0.438 e. The van der Waals surface area contributed by atoms with Gasteiger partial charge in [-0.2, -0.15) is 9.97 Å². The molecule has 0 aromatic carbocycles. The Morgan fingerprint density at radius 1 is 0.806 bits per heavy atom. The quantitative estimate of drug-likeness (QED) is 0.443.